The molecule has 0 atom stereocenters. The summed E-state index contributed by atoms with van der Waals surface area (Å²) in [6.45, 7) is 0. The molecule has 0 saturated heterocycles. The summed E-state index contributed by atoms with van der Waals surface area (Å²) in [6, 6.07) is 66.0. The van der Waals surface area contributed by atoms with Crippen LogP contribution in [0.3, 0.4) is 0 Å². The first-order valence-electron chi connectivity index (χ1n) is 19.9. The maximum absolute atomic E-state index is 4.40. The standard InChI is InChI=1S/3C18H13N2.Ir/c3*1-20-17-8-3-2-6-14(17)15-12-13(9-10-18(15)20)16-7-4-5-11-19-16;/h3*2-8,10-12H,1H3;/q3*-1;+3. The van der Waals surface area contributed by atoms with Crippen LogP contribution in [0.5, 0.6) is 0 Å². The Morgan fingerprint density at radius 3 is 0.885 bits per heavy atom. The van der Waals surface area contributed by atoms with E-state index < -0.39 is 0 Å². The molecule has 6 heterocycles. The van der Waals surface area contributed by atoms with Crippen molar-refractivity contribution < 1.29 is 20.1 Å². The van der Waals surface area contributed by atoms with Gasteiger partial charge in [0.05, 0.1) is 0 Å². The molecule has 0 saturated carbocycles. The molecule has 294 valence electrons. The van der Waals surface area contributed by atoms with Gasteiger partial charge in [-0.2, -0.15) is 0 Å². The largest absolute Gasteiger partial charge is 3.00 e. The van der Waals surface area contributed by atoms with Crippen LogP contribution in [0.4, 0.5) is 0 Å². The number of aromatic nitrogens is 6. The van der Waals surface area contributed by atoms with Crippen molar-refractivity contribution in [3.63, 3.8) is 0 Å². The van der Waals surface area contributed by atoms with Crippen LogP contribution >= 0.6 is 0 Å². The Kier molecular flexibility index (Phi) is 10.8. The van der Waals surface area contributed by atoms with E-state index in [0.717, 1.165) is 33.8 Å². The van der Waals surface area contributed by atoms with Crippen LogP contribution in [0.1, 0.15) is 0 Å². The molecule has 6 aromatic heterocycles. The van der Waals surface area contributed by atoms with Crippen molar-refractivity contribution in [1.29, 1.82) is 0 Å². The van der Waals surface area contributed by atoms with Crippen LogP contribution in [0.25, 0.3) is 99.2 Å². The molecule has 0 fully saturated rings. The third-order valence-electron chi connectivity index (χ3n) is 11.4. The number of para-hydroxylation sites is 3. The number of aryl methyl sites for hydroxylation is 3. The third-order valence-corrected chi connectivity index (χ3v) is 11.4. The molecule has 0 N–H and O–H groups in total. The van der Waals surface area contributed by atoms with E-state index >= 15 is 0 Å². The molecule has 0 aliphatic heterocycles. The van der Waals surface area contributed by atoms with E-state index in [4.69, 9.17) is 0 Å². The molecule has 0 radical (unpaired) electrons. The summed E-state index contributed by atoms with van der Waals surface area (Å²) in [5, 5.41) is 7.58. The minimum absolute atomic E-state index is 0. The minimum Gasteiger partial charge on any atom is -0.383 e. The van der Waals surface area contributed by atoms with Crippen molar-refractivity contribution in [1.82, 2.24) is 28.7 Å². The fraction of sp³-hybridized carbons (Fsp3) is 0.0556. The molecular formula is C54H39IrN6. The maximum Gasteiger partial charge on any atom is 3.00 e. The van der Waals surface area contributed by atoms with Crippen LogP contribution in [0.15, 0.2) is 182 Å². The predicted molar refractivity (Wildman–Crippen MR) is 247 cm³/mol. The van der Waals surface area contributed by atoms with E-state index in [1.54, 1.807) is 0 Å². The molecule has 0 unspecified atom stereocenters. The van der Waals surface area contributed by atoms with E-state index in [0.29, 0.717) is 0 Å². The average Bonchev–Trinajstić information content (AvgIpc) is 3.90. The monoisotopic (exact) mass is 964 g/mol. The zero-order chi connectivity index (χ0) is 40.6. The van der Waals surface area contributed by atoms with Gasteiger partial charge in [0.25, 0.3) is 0 Å². The molecule has 12 aromatic rings. The fourth-order valence-corrected chi connectivity index (χ4v) is 8.31. The van der Waals surface area contributed by atoms with Crippen molar-refractivity contribution in [2.24, 2.45) is 21.1 Å². The Hall–Kier alpha value is -7.18. The summed E-state index contributed by atoms with van der Waals surface area (Å²) >= 11 is 0. The van der Waals surface area contributed by atoms with Gasteiger partial charge in [-0.15, -0.1) is 71.3 Å². The number of hydrogen-bond acceptors (Lipinski definition) is 3. The quantitative estimate of drug-likeness (QED) is 0.166. The van der Waals surface area contributed by atoms with E-state index in [-0.39, 0.29) is 20.1 Å². The smallest absolute Gasteiger partial charge is 0.383 e. The Morgan fingerprint density at radius 2 is 0.607 bits per heavy atom. The van der Waals surface area contributed by atoms with E-state index in [2.05, 4.69) is 177 Å². The molecule has 12 rings (SSSR count). The summed E-state index contributed by atoms with van der Waals surface area (Å²) in [6.07, 6.45) is 5.45. The van der Waals surface area contributed by atoms with Crippen LogP contribution in [-0.4, -0.2) is 28.7 Å². The fourth-order valence-electron chi connectivity index (χ4n) is 8.31. The third kappa shape index (κ3) is 7.29. The van der Waals surface area contributed by atoms with Gasteiger partial charge in [-0.05, 0) is 86.2 Å². The van der Waals surface area contributed by atoms with Crippen LogP contribution in [-0.2, 0) is 41.2 Å². The molecule has 0 bridgehead atoms. The summed E-state index contributed by atoms with van der Waals surface area (Å²) in [5.74, 6) is 0. The second kappa shape index (κ2) is 16.8. The number of hydrogen-bond donors (Lipinski definition) is 0. The normalized spacial score (nSPS) is 11.1. The van der Waals surface area contributed by atoms with Crippen molar-refractivity contribution in [2.75, 3.05) is 0 Å². The zero-order valence-corrected chi connectivity index (χ0v) is 36.2. The van der Waals surface area contributed by atoms with E-state index in [9.17, 15) is 0 Å². The van der Waals surface area contributed by atoms with Gasteiger partial charge in [-0.25, -0.2) is 0 Å². The van der Waals surface area contributed by atoms with Crippen molar-refractivity contribution in [3.05, 3.63) is 201 Å². The number of fused-ring (bicyclic) bond motifs is 9. The number of rotatable bonds is 3. The van der Waals surface area contributed by atoms with Crippen LogP contribution in [0, 0.1) is 18.2 Å². The van der Waals surface area contributed by atoms with Gasteiger partial charge in [-0.1, -0.05) is 107 Å². The Bertz CT molecular complexity index is 3090. The van der Waals surface area contributed by atoms with Gasteiger partial charge in [0.2, 0.25) is 0 Å². The zero-order valence-electron chi connectivity index (χ0n) is 33.8. The summed E-state index contributed by atoms with van der Waals surface area (Å²) in [5.41, 5.74) is 13.3. The molecule has 0 spiro atoms. The molecule has 0 aliphatic carbocycles. The van der Waals surface area contributed by atoms with Gasteiger partial charge in [-0.3, -0.25) is 0 Å². The first kappa shape index (κ1) is 39.3. The Labute approximate surface area is 367 Å². The maximum atomic E-state index is 4.40. The van der Waals surface area contributed by atoms with Gasteiger partial charge in [0, 0.05) is 56.3 Å². The number of pyridine rings is 3. The summed E-state index contributed by atoms with van der Waals surface area (Å²) in [7, 11) is 6.29. The van der Waals surface area contributed by atoms with Gasteiger partial charge >= 0.3 is 20.1 Å². The topological polar surface area (TPSA) is 53.5 Å². The molecular weight excluding hydrogens is 925 g/mol. The van der Waals surface area contributed by atoms with E-state index in [1.807, 2.05) is 73.2 Å². The molecule has 0 amide bonds. The summed E-state index contributed by atoms with van der Waals surface area (Å²) in [4.78, 5) is 13.2. The molecule has 61 heavy (non-hydrogen) atoms. The second-order valence-corrected chi connectivity index (χ2v) is 14.8. The number of benzene rings is 6. The molecule has 6 nitrogen and oxygen atoms in total. The van der Waals surface area contributed by atoms with Crippen LogP contribution < -0.4 is 0 Å². The minimum atomic E-state index is 0. The average molecular weight is 964 g/mol. The molecule has 6 aromatic carbocycles. The predicted octanol–water partition coefficient (Wildman–Crippen LogP) is 12.6. The summed E-state index contributed by atoms with van der Waals surface area (Å²) < 4.78 is 6.64. The first-order valence-corrected chi connectivity index (χ1v) is 19.9. The van der Waals surface area contributed by atoms with Gasteiger partial charge < -0.3 is 28.7 Å². The van der Waals surface area contributed by atoms with Gasteiger partial charge in [0.15, 0.2) is 0 Å². The molecule has 0 aliphatic rings. The Morgan fingerprint density at radius 1 is 0.328 bits per heavy atom. The number of nitrogens with zero attached hydrogens (tertiary/aromatic N) is 6. The molecule has 7 heteroatoms. The second-order valence-electron chi connectivity index (χ2n) is 14.8. The van der Waals surface area contributed by atoms with E-state index in [1.165, 1.54) is 65.4 Å². The van der Waals surface area contributed by atoms with Crippen LogP contribution in [0.2, 0.25) is 0 Å². The first-order chi connectivity index (χ1) is 29.5. The van der Waals surface area contributed by atoms with Crippen molar-refractivity contribution >= 4 is 65.4 Å². The van der Waals surface area contributed by atoms with Gasteiger partial charge in [0.1, 0.15) is 0 Å². The SMILES string of the molecule is Cn1c2c[c-]c(-c3ccccn3)cc2c2ccccc21.Cn1c2c[c-]c(-c3ccccn3)cc2c2ccccc21.Cn1c2c[c-]c(-c3ccccn3)cc2c2ccccc21.[Ir+3]. The van der Waals surface area contributed by atoms with Crippen molar-refractivity contribution in [2.45, 2.75) is 0 Å². The Balaban J connectivity index is 0.000000116. The van der Waals surface area contributed by atoms with Crippen molar-refractivity contribution in [3.8, 4) is 33.8 Å².